The second-order valence-corrected chi connectivity index (χ2v) is 13.2. The average Bonchev–Trinajstić information content (AvgIpc) is 3.33. The van der Waals surface area contributed by atoms with E-state index >= 15 is 0 Å². The van der Waals surface area contributed by atoms with Crippen molar-refractivity contribution >= 4 is 35.5 Å². The van der Waals surface area contributed by atoms with E-state index in [1.54, 1.807) is 12.1 Å². The number of carbonyl (C=O) groups is 3. The molecule has 4 rings (SSSR count). The van der Waals surface area contributed by atoms with Gasteiger partial charge in [0.1, 0.15) is 17.9 Å². The summed E-state index contributed by atoms with van der Waals surface area (Å²) < 4.78 is 17.4. The smallest absolute Gasteiger partial charge is 0.335 e. The first-order valence-electron chi connectivity index (χ1n) is 15.1. The number of benzene rings is 2. The first-order chi connectivity index (χ1) is 20.9. The quantitative estimate of drug-likeness (QED) is 0.402. The molecule has 0 unspecified atom stereocenters. The first kappa shape index (κ1) is 33.3. The fraction of sp³-hybridized carbons (Fsp3) is 0.457. The fourth-order valence-corrected chi connectivity index (χ4v) is 5.62. The minimum absolute atomic E-state index is 0.212. The summed E-state index contributed by atoms with van der Waals surface area (Å²) in [5.74, 6) is -0.397. The van der Waals surface area contributed by atoms with Crippen molar-refractivity contribution < 1.29 is 28.6 Å². The maximum absolute atomic E-state index is 13.5. The van der Waals surface area contributed by atoms with E-state index in [9.17, 15) is 14.4 Å². The second-order valence-electron chi connectivity index (χ2n) is 12.8. The fourth-order valence-electron chi connectivity index (χ4n) is 5.34. The number of carbonyl (C=O) groups excluding carboxylic acids is 3. The highest BCUT2D eigenvalue weighted by Crippen LogP contribution is 2.35. The Morgan fingerprint density at radius 2 is 1.84 bits per heavy atom. The molecule has 2 bridgehead atoms. The number of fused-ring (bicyclic) bond motifs is 2. The molecule has 1 fully saturated rings. The molecule has 3 atom stereocenters. The maximum atomic E-state index is 13.5. The van der Waals surface area contributed by atoms with E-state index in [-0.39, 0.29) is 31.4 Å². The SMILES string of the molecule is COc1ccc(C[C@H]2NC(=O)/C=C3\C[C@@H](C\C3=C\c3ccccc3)OC(=O)[C@H](CC(C)C)OCC(C)(C)CNC2=O)cc1Cl. The third-order valence-corrected chi connectivity index (χ3v) is 7.99. The number of methoxy groups -OCH3 is 1. The van der Waals surface area contributed by atoms with Gasteiger partial charge in [-0.1, -0.05) is 81.8 Å². The van der Waals surface area contributed by atoms with Crippen molar-refractivity contribution in [2.75, 3.05) is 20.3 Å². The minimum atomic E-state index is -0.862. The lowest BCUT2D eigenvalue weighted by atomic mass is 9.94. The van der Waals surface area contributed by atoms with Crippen LogP contribution in [0.3, 0.4) is 0 Å². The van der Waals surface area contributed by atoms with E-state index in [0.717, 1.165) is 22.3 Å². The Kier molecular flexibility index (Phi) is 11.3. The van der Waals surface area contributed by atoms with Crippen molar-refractivity contribution in [2.24, 2.45) is 11.3 Å². The van der Waals surface area contributed by atoms with Crippen molar-refractivity contribution in [3.63, 3.8) is 0 Å². The Hall–Kier alpha value is -3.62. The third kappa shape index (κ3) is 9.44. The predicted octanol–water partition coefficient (Wildman–Crippen LogP) is 5.68. The van der Waals surface area contributed by atoms with Gasteiger partial charge < -0.3 is 24.8 Å². The van der Waals surface area contributed by atoms with Gasteiger partial charge in [0.15, 0.2) is 6.10 Å². The van der Waals surface area contributed by atoms with Crippen molar-refractivity contribution in [3.8, 4) is 5.75 Å². The summed E-state index contributed by atoms with van der Waals surface area (Å²) in [6.07, 6.45) is 3.94. The number of hydrogen-bond donors (Lipinski definition) is 2. The van der Waals surface area contributed by atoms with Gasteiger partial charge in [-0.05, 0) is 46.7 Å². The van der Waals surface area contributed by atoms with E-state index in [1.165, 1.54) is 13.2 Å². The third-order valence-electron chi connectivity index (χ3n) is 7.69. The lowest BCUT2D eigenvalue weighted by Gasteiger charge is -2.29. The van der Waals surface area contributed by atoms with Gasteiger partial charge in [0.25, 0.3) is 0 Å². The number of halogens is 1. The normalized spacial score (nSPS) is 25.2. The monoisotopic (exact) mass is 622 g/mol. The molecular weight excluding hydrogens is 580 g/mol. The number of nitrogens with one attached hydrogen (secondary N) is 2. The van der Waals surface area contributed by atoms with Crippen LogP contribution < -0.4 is 15.4 Å². The van der Waals surface area contributed by atoms with Crippen LogP contribution in [0, 0.1) is 11.3 Å². The lowest BCUT2D eigenvalue weighted by molar-refractivity contribution is -0.165. The molecule has 0 radical (unpaired) electrons. The number of esters is 1. The minimum Gasteiger partial charge on any atom is -0.495 e. The molecule has 1 saturated carbocycles. The van der Waals surface area contributed by atoms with E-state index < -0.39 is 35.5 Å². The Morgan fingerprint density at radius 1 is 1.09 bits per heavy atom. The van der Waals surface area contributed by atoms with Crippen LogP contribution in [0.2, 0.25) is 5.02 Å². The van der Waals surface area contributed by atoms with Gasteiger partial charge in [0.05, 0.1) is 18.7 Å². The summed E-state index contributed by atoms with van der Waals surface area (Å²) in [6, 6.07) is 14.2. The lowest BCUT2D eigenvalue weighted by Crippen LogP contribution is -2.50. The van der Waals surface area contributed by atoms with E-state index in [0.29, 0.717) is 30.0 Å². The molecule has 2 amide bonds. The highest BCUT2D eigenvalue weighted by atomic mass is 35.5. The molecule has 44 heavy (non-hydrogen) atoms. The van der Waals surface area contributed by atoms with Crippen molar-refractivity contribution in [3.05, 3.63) is 81.9 Å². The zero-order valence-electron chi connectivity index (χ0n) is 26.2. The zero-order chi connectivity index (χ0) is 31.9. The zero-order valence-corrected chi connectivity index (χ0v) is 26.9. The molecule has 2 N–H and O–H groups in total. The first-order valence-corrected chi connectivity index (χ1v) is 15.5. The van der Waals surface area contributed by atoms with Crippen molar-refractivity contribution in [1.82, 2.24) is 10.6 Å². The topological polar surface area (TPSA) is 103 Å². The highest BCUT2D eigenvalue weighted by Gasteiger charge is 2.33. The molecule has 8 nitrogen and oxygen atoms in total. The number of amides is 2. The molecule has 1 aliphatic carbocycles. The summed E-state index contributed by atoms with van der Waals surface area (Å²) in [6.45, 7) is 8.49. The van der Waals surface area contributed by atoms with Gasteiger partial charge in [-0.15, -0.1) is 0 Å². The summed E-state index contributed by atoms with van der Waals surface area (Å²) in [4.78, 5) is 40.4. The van der Waals surface area contributed by atoms with Crippen LogP contribution >= 0.6 is 11.6 Å². The Labute approximate surface area is 265 Å². The van der Waals surface area contributed by atoms with E-state index in [4.69, 9.17) is 25.8 Å². The average molecular weight is 623 g/mol. The Bertz CT molecular complexity index is 1400. The van der Waals surface area contributed by atoms with Gasteiger partial charge in [0, 0.05) is 37.3 Å². The highest BCUT2D eigenvalue weighted by molar-refractivity contribution is 6.32. The molecule has 0 spiro atoms. The summed E-state index contributed by atoms with van der Waals surface area (Å²) >= 11 is 6.36. The Morgan fingerprint density at radius 3 is 2.52 bits per heavy atom. The summed E-state index contributed by atoms with van der Waals surface area (Å²) in [7, 11) is 1.54. The standard InChI is InChI=1S/C35H43ClN2O6/c1-22(2)13-31-34(41)44-27-17-25(14-23-9-7-6-8-10-23)26(18-27)19-32(39)38-29(33(40)37-20-35(3,4)21-43-31)16-24-11-12-30(42-5)28(36)15-24/h6-12,14-15,19,22,27,29,31H,13,16-18,20-21H2,1-5H3,(H,37,40)(H,38,39)/b25-14-,26-19+/t27-,29-,31+/m1/s1. The molecule has 9 heteroatoms. The van der Waals surface area contributed by atoms with Gasteiger partial charge in [-0.2, -0.15) is 0 Å². The molecule has 2 aromatic rings. The second kappa shape index (κ2) is 14.9. The van der Waals surface area contributed by atoms with Crippen molar-refractivity contribution in [1.29, 1.82) is 0 Å². The van der Waals surface area contributed by atoms with E-state index in [2.05, 4.69) is 10.6 Å². The molecule has 0 aromatic heterocycles. The molecular formula is C35H43ClN2O6. The molecule has 2 aliphatic rings. The van der Waals surface area contributed by atoms with Crippen molar-refractivity contribution in [2.45, 2.75) is 71.6 Å². The molecule has 1 aliphatic heterocycles. The molecule has 236 valence electrons. The molecule has 1 heterocycles. The van der Waals surface area contributed by atoms with Crippen LogP contribution in [-0.4, -0.2) is 56.3 Å². The van der Waals surface area contributed by atoms with Crippen LogP contribution in [-0.2, 0) is 30.3 Å². The van der Waals surface area contributed by atoms with Gasteiger partial charge in [-0.3, -0.25) is 9.59 Å². The van der Waals surface area contributed by atoms with E-state index in [1.807, 2.05) is 70.2 Å². The van der Waals surface area contributed by atoms with Crippen LogP contribution in [0.4, 0.5) is 0 Å². The Balaban J connectivity index is 1.68. The number of hydrogen-bond acceptors (Lipinski definition) is 6. The summed E-state index contributed by atoms with van der Waals surface area (Å²) in [5.41, 5.74) is 2.91. The maximum Gasteiger partial charge on any atom is 0.335 e. The number of rotatable bonds is 6. The predicted molar refractivity (Wildman–Crippen MR) is 171 cm³/mol. The van der Waals surface area contributed by atoms with Gasteiger partial charge in [0.2, 0.25) is 11.8 Å². The molecule has 0 saturated heterocycles. The van der Waals surface area contributed by atoms with Gasteiger partial charge >= 0.3 is 5.97 Å². The van der Waals surface area contributed by atoms with Crippen LogP contribution in [0.1, 0.15) is 58.1 Å². The number of ether oxygens (including phenoxy) is 3. The molecule has 2 aromatic carbocycles. The van der Waals surface area contributed by atoms with Crippen LogP contribution in [0.15, 0.2) is 65.8 Å². The summed E-state index contributed by atoms with van der Waals surface area (Å²) in [5, 5.41) is 6.31. The van der Waals surface area contributed by atoms with Crippen LogP contribution in [0.25, 0.3) is 6.08 Å². The van der Waals surface area contributed by atoms with Crippen LogP contribution in [0.5, 0.6) is 5.75 Å². The largest absolute Gasteiger partial charge is 0.495 e. The van der Waals surface area contributed by atoms with Gasteiger partial charge in [-0.25, -0.2) is 4.79 Å².